The second-order valence-electron chi connectivity index (χ2n) is 6.06. The summed E-state index contributed by atoms with van der Waals surface area (Å²) in [6.07, 6.45) is 1.02. The molecule has 3 aromatic rings. The van der Waals surface area contributed by atoms with Gasteiger partial charge in [0, 0.05) is 28.8 Å². The zero-order chi connectivity index (χ0) is 16.8. The average Bonchev–Trinajstić information content (AvgIpc) is 2.96. The molecular formula is C18H17BrClN3O. The maximum absolute atomic E-state index is 9.70. The molecule has 0 unspecified atom stereocenters. The number of nitrogens with zero attached hydrogens (tertiary/aromatic N) is 3. The Morgan fingerprint density at radius 2 is 2.08 bits per heavy atom. The fourth-order valence-corrected chi connectivity index (χ4v) is 4.12. The molecule has 0 saturated carbocycles. The summed E-state index contributed by atoms with van der Waals surface area (Å²) in [5, 5.41) is 10.3. The number of aryl methyl sites for hydroxylation is 2. The quantitative estimate of drug-likeness (QED) is 0.665. The zero-order valence-electron chi connectivity index (χ0n) is 13.3. The molecular weight excluding hydrogens is 390 g/mol. The van der Waals surface area contributed by atoms with Gasteiger partial charge in [-0.2, -0.15) is 0 Å². The molecule has 0 aliphatic carbocycles. The lowest BCUT2D eigenvalue weighted by Crippen LogP contribution is -2.28. The minimum absolute atomic E-state index is 0.0177. The summed E-state index contributed by atoms with van der Waals surface area (Å²) in [7, 11) is 0. The zero-order valence-corrected chi connectivity index (χ0v) is 15.6. The van der Waals surface area contributed by atoms with Crippen LogP contribution in [0, 0.1) is 6.92 Å². The van der Waals surface area contributed by atoms with Crippen molar-refractivity contribution in [1.82, 2.24) is 9.55 Å². The van der Waals surface area contributed by atoms with E-state index in [0.29, 0.717) is 5.02 Å². The van der Waals surface area contributed by atoms with E-state index in [0.717, 1.165) is 52.2 Å². The molecule has 0 saturated heterocycles. The maximum Gasteiger partial charge on any atom is 0.211 e. The molecule has 1 aliphatic rings. The van der Waals surface area contributed by atoms with Gasteiger partial charge in [0.2, 0.25) is 5.95 Å². The third-order valence-corrected chi connectivity index (χ3v) is 5.33. The molecule has 4 rings (SSSR count). The standard InChI is InChI=1S/C18H17BrClN3O/c1-11-9-13(19)4-6-15(11)22-7-2-8-23-17-12(10-24)3-5-14(20)16(17)21-18(22)23/h3-6,9,24H,2,7-8,10H2,1H3. The summed E-state index contributed by atoms with van der Waals surface area (Å²) in [5.74, 6) is 0.893. The lowest BCUT2D eigenvalue weighted by molar-refractivity contribution is 0.283. The fraction of sp³-hybridized carbons (Fsp3) is 0.278. The molecule has 0 fully saturated rings. The number of aromatic nitrogens is 2. The van der Waals surface area contributed by atoms with E-state index in [1.807, 2.05) is 12.1 Å². The molecule has 0 atom stereocenters. The van der Waals surface area contributed by atoms with Gasteiger partial charge in [-0.15, -0.1) is 0 Å². The first-order valence-corrected chi connectivity index (χ1v) is 9.09. The van der Waals surface area contributed by atoms with Crippen molar-refractivity contribution in [2.75, 3.05) is 11.4 Å². The van der Waals surface area contributed by atoms with Crippen molar-refractivity contribution < 1.29 is 5.11 Å². The van der Waals surface area contributed by atoms with Crippen LogP contribution in [0.4, 0.5) is 11.6 Å². The normalized spacial score (nSPS) is 14.2. The molecule has 0 amide bonds. The fourth-order valence-electron chi connectivity index (χ4n) is 3.45. The van der Waals surface area contributed by atoms with Gasteiger partial charge in [0.05, 0.1) is 17.1 Å². The van der Waals surface area contributed by atoms with Crippen LogP contribution >= 0.6 is 27.5 Å². The lowest BCUT2D eigenvalue weighted by atomic mass is 10.1. The van der Waals surface area contributed by atoms with Crippen LogP contribution in [0.15, 0.2) is 34.8 Å². The van der Waals surface area contributed by atoms with Crippen molar-refractivity contribution in [3.8, 4) is 0 Å². The first kappa shape index (κ1) is 15.9. The van der Waals surface area contributed by atoms with Gasteiger partial charge in [-0.1, -0.05) is 33.6 Å². The first-order chi connectivity index (χ1) is 11.6. The van der Waals surface area contributed by atoms with E-state index in [1.165, 1.54) is 5.56 Å². The maximum atomic E-state index is 9.70. The third kappa shape index (κ3) is 2.42. The number of aliphatic hydroxyl groups is 1. The smallest absolute Gasteiger partial charge is 0.211 e. The number of fused-ring (bicyclic) bond motifs is 3. The molecule has 24 heavy (non-hydrogen) atoms. The Balaban J connectivity index is 1.95. The third-order valence-electron chi connectivity index (χ3n) is 4.53. The predicted molar refractivity (Wildman–Crippen MR) is 101 cm³/mol. The molecule has 1 N–H and O–H groups in total. The van der Waals surface area contributed by atoms with Crippen LogP contribution in [0.1, 0.15) is 17.5 Å². The van der Waals surface area contributed by atoms with Crippen LogP contribution in [0.3, 0.4) is 0 Å². The van der Waals surface area contributed by atoms with E-state index >= 15 is 0 Å². The number of benzene rings is 2. The van der Waals surface area contributed by atoms with Gasteiger partial charge < -0.3 is 14.6 Å². The molecule has 124 valence electrons. The van der Waals surface area contributed by atoms with Gasteiger partial charge in [0.1, 0.15) is 5.52 Å². The van der Waals surface area contributed by atoms with E-state index in [9.17, 15) is 5.11 Å². The van der Waals surface area contributed by atoms with Gasteiger partial charge in [0.25, 0.3) is 0 Å². The second kappa shape index (κ2) is 6.06. The number of aliphatic hydroxyl groups excluding tert-OH is 1. The Bertz CT molecular complexity index is 938. The summed E-state index contributed by atoms with van der Waals surface area (Å²) >= 11 is 9.89. The molecule has 1 aromatic heterocycles. The van der Waals surface area contributed by atoms with Gasteiger partial charge in [0.15, 0.2) is 0 Å². The highest BCUT2D eigenvalue weighted by molar-refractivity contribution is 9.10. The molecule has 0 bridgehead atoms. The summed E-state index contributed by atoms with van der Waals surface area (Å²) in [5.41, 5.74) is 4.91. The van der Waals surface area contributed by atoms with Gasteiger partial charge in [-0.25, -0.2) is 4.98 Å². The highest BCUT2D eigenvalue weighted by Gasteiger charge is 2.25. The van der Waals surface area contributed by atoms with Crippen LogP contribution < -0.4 is 4.90 Å². The van der Waals surface area contributed by atoms with Crippen molar-refractivity contribution in [3.63, 3.8) is 0 Å². The Hall–Kier alpha value is -1.56. The highest BCUT2D eigenvalue weighted by Crippen LogP contribution is 2.37. The van der Waals surface area contributed by atoms with E-state index in [4.69, 9.17) is 16.6 Å². The number of hydrogen-bond acceptors (Lipinski definition) is 3. The predicted octanol–water partition coefficient (Wildman–Crippen LogP) is 4.79. The van der Waals surface area contributed by atoms with Crippen molar-refractivity contribution in [2.24, 2.45) is 0 Å². The van der Waals surface area contributed by atoms with E-state index in [-0.39, 0.29) is 6.61 Å². The van der Waals surface area contributed by atoms with Crippen LogP contribution in [0.2, 0.25) is 5.02 Å². The summed E-state index contributed by atoms with van der Waals surface area (Å²) < 4.78 is 3.25. The second-order valence-corrected chi connectivity index (χ2v) is 7.38. The number of halogens is 2. The van der Waals surface area contributed by atoms with Crippen molar-refractivity contribution in [1.29, 1.82) is 0 Å². The minimum atomic E-state index is -0.0177. The van der Waals surface area contributed by atoms with Gasteiger partial charge in [-0.3, -0.25) is 0 Å². The molecule has 2 heterocycles. The van der Waals surface area contributed by atoms with Crippen molar-refractivity contribution in [3.05, 3.63) is 51.0 Å². The molecule has 6 heteroatoms. The first-order valence-electron chi connectivity index (χ1n) is 7.92. The number of hydrogen-bond donors (Lipinski definition) is 1. The van der Waals surface area contributed by atoms with E-state index in [2.05, 4.69) is 50.5 Å². The Morgan fingerprint density at radius 1 is 1.25 bits per heavy atom. The lowest BCUT2D eigenvalue weighted by Gasteiger charge is -2.30. The Labute approximate surface area is 153 Å². The van der Waals surface area contributed by atoms with E-state index < -0.39 is 0 Å². The molecule has 4 nitrogen and oxygen atoms in total. The van der Waals surface area contributed by atoms with Crippen LogP contribution in [0.25, 0.3) is 11.0 Å². The Kier molecular flexibility index (Phi) is 4.03. The number of rotatable bonds is 2. The average molecular weight is 407 g/mol. The summed E-state index contributed by atoms with van der Waals surface area (Å²) in [4.78, 5) is 7.06. The molecule has 2 aromatic carbocycles. The topological polar surface area (TPSA) is 41.3 Å². The van der Waals surface area contributed by atoms with Crippen molar-refractivity contribution in [2.45, 2.75) is 26.5 Å². The molecule has 1 aliphatic heterocycles. The minimum Gasteiger partial charge on any atom is -0.392 e. The summed E-state index contributed by atoms with van der Waals surface area (Å²) in [6.45, 7) is 3.88. The van der Waals surface area contributed by atoms with E-state index in [1.54, 1.807) is 0 Å². The Morgan fingerprint density at radius 3 is 2.83 bits per heavy atom. The summed E-state index contributed by atoms with van der Waals surface area (Å²) in [6, 6.07) is 9.97. The number of imidazole rings is 1. The molecule has 0 spiro atoms. The van der Waals surface area contributed by atoms with Gasteiger partial charge >= 0.3 is 0 Å². The van der Waals surface area contributed by atoms with Crippen LogP contribution in [-0.4, -0.2) is 21.2 Å². The molecule has 0 radical (unpaired) electrons. The highest BCUT2D eigenvalue weighted by atomic mass is 79.9. The monoisotopic (exact) mass is 405 g/mol. The van der Waals surface area contributed by atoms with Crippen LogP contribution in [-0.2, 0) is 13.2 Å². The number of anilines is 2. The SMILES string of the molecule is Cc1cc(Br)ccc1N1CCCn2c1nc1c(Cl)ccc(CO)c12. The van der Waals surface area contributed by atoms with Crippen molar-refractivity contribution >= 4 is 50.2 Å². The van der Waals surface area contributed by atoms with Crippen LogP contribution in [0.5, 0.6) is 0 Å². The largest absolute Gasteiger partial charge is 0.392 e. The van der Waals surface area contributed by atoms with Gasteiger partial charge in [-0.05, 0) is 43.2 Å².